The molecule has 1 aromatic carbocycles. The number of hydrogen-bond donors (Lipinski definition) is 1. The van der Waals surface area contributed by atoms with Crippen LogP contribution in [-0.4, -0.2) is 43.2 Å². The van der Waals surface area contributed by atoms with Gasteiger partial charge < -0.3 is 20.1 Å². The molecule has 5 heteroatoms. The monoisotopic (exact) mass is 276 g/mol. The first-order valence-corrected chi connectivity index (χ1v) is 7.20. The van der Waals surface area contributed by atoms with Gasteiger partial charge in [0.2, 0.25) is 0 Å². The van der Waals surface area contributed by atoms with Crippen LogP contribution in [0.5, 0.6) is 11.5 Å². The molecule has 108 valence electrons. The summed E-state index contributed by atoms with van der Waals surface area (Å²) in [7, 11) is 0. The van der Waals surface area contributed by atoms with Crippen LogP contribution >= 0.6 is 0 Å². The van der Waals surface area contributed by atoms with Gasteiger partial charge in [-0.05, 0) is 37.5 Å². The van der Waals surface area contributed by atoms with Crippen molar-refractivity contribution in [3.8, 4) is 11.5 Å². The third-order valence-electron chi connectivity index (χ3n) is 3.95. The molecule has 5 nitrogen and oxygen atoms in total. The number of carbonyl (C=O) groups is 1. The van der Waals surface area contributed by atoms with E-state index in [0.717, 1.165) is 25.8 Å². The highest BCUT2D eigenvalue weighted by atomic mass is 16.6. The lowest BCUT2D eigenvalue weighted by Gasteiger charge is -2.35. The van der Waals surface area contributed by atoms with Crippen molar-refractivity contribution in [3.63, 3.8) is 0 Å². The van der Waals surface area contributed by atoms with E-state index >= 15 is 0 Å². The number of piperidine rings is 1. The van der Waals surface area contributed by atoms with Gasteiger partial charge in [0.15, 0.2) is 11.5 Å². The van der Waals surface area contributed by atoms with Gasteiger partial charge in [-0.1, -0.05) is 0 Å². The summed E-state index contributed by atoms with van der Waals surface area (Å²) in [6.07, 6.45) is 3.19. The van der Waals surface area contributed by atoms with Gasteiger partial charge in [0.1, 0.15) is 13.2 Å². The topological polar surface area (TPSA) is 64.8 Å². The molecule has 0 bridgehead atoms. The minimum absolute atomic E-state index is 0.0390. The molecule has 0 spiro atoms. The maximum absolute atomic E-state index is 12.6. The summed E-state index contributed by atoms with van der Waals surface area (Å²) >= 11 is 0. The van der Waals surface area contributed by atoms with E-state index in [1.54, 1.807) is 12.1 Å². The summed E-state index contributed by atoms with van der Waals surface area (Å²) in [6, 6.07) is 5.55. The number of carbonyl (C=O) groups excluding carboxylic acids is 1. The average Bonchev–Trinajstić information content (AvgIpc) is 2.53. The van der Waals surface area contributed by atoms with E-state index in [2.05, 4.69) is 0 Å². The van der Waals surface area contributed by atoms with Crippen LogP contribution < -0.4 is 15.2 Å². The SMILES string of the molecule is NCC1CCCCN1C(=O)c1ccc2c(c1)OCCO2. The van der Waals surface area contributed by atoms with Crippen LogP contribution in [0.3, 0.4) is 0 Å². The second-order valence-electron chi connectivity index (χ2n) is 5.24. The van der Waals surface area contributed by atoms with Crippen molar-refractivity contribution in [2.45, 2.75) is 25.3 Å². The molecular weight excluding hydrogens is 256 g/mol. The molecule has 2 aliphatic heterocycles. The zero-order chi connectivity index (χ0) is 13.9. The van der Waals surface area contributed by atoms with Gasteiger partial charge >= 0.3 is 0 Å². The van der Waals surface area contributed by atoms with E-state index in [1.807, 2.05) is 11.0 Å². The van der Waals surface area contributed by atoms with Crippen molar-refractivity contribution in [3.05, 3.63) is 23.8 Å². The number of fused-ring (bicyclic) bond motifs is 1. The number of nitrogens with zero attached hydrogens (tertiary/aromatic N) is 1. The van der Waals surface area contributed by atoms with Crippen molar-refractivity contribution in [1.29, 1.82) is 0 Å². The van der Waals surface area contributed by atoms with E-state index in [0.29, 0.717) is 36.8 Å². The minimum Gasteiger partial charge on any atom is -0.486 e. The molecule has 0 aromatic heterocycles. The Balaban J connectivity index is 1.82. The molecule has 1 unspecified atom stereocenters. The third-order valence-corrected chi connectivity index (χ3v) is 3.95. The molecule has 1 amide bonds. The average molecular weight is 276 g/mol. The summed E-state index contributed by atoms with van der Waals surface area (Å²) < 4.78 is 11.0. The summed E-state index contributed by atoms with van der Waals surface area (Å²) in [5.74, 6) is 1.40. The second-order valence-corrected chi connectivity index (χ2v) is 5.24. The fourth-order valence-corrected chi connectivity index (χ4v) is 2.86. The first-order chi connectivity index (χ1) is 9.79. The largest absolute Gasteiger partial charge is 0.486 e. The van der Waals surface area contributed by atoms with Crippen LogP contribution in [0.1, 0.15) is 29.6 Å². The number of nitrogens with two attached hydrogens (primary N) is 1. The fourth-order valence-electron chi connectivity index (χ4n) is 2.86. The van der Waals surface area contributed by atoms with Gasteiger partial charge in [-0.2, -0.15) is 0 Å². The van der Waals surface area contributed by atoms with Gasteiger partial charge in [0, 0.05) is 24.7 Å². The van der Waals surface area contributed by atoms with E-state index in [-0.39, 0.29) is 11.9 Å². The Bertz CT molecular complexity index is 504. The van der Waals surface area contributed by atoms with Gasteiger partial charge in [0.05, 0.1) is 0 Å². The number of benzene rings is 1. The molecule has 0 radical (unpaired) electrons. The van der Waals surface area contributed by atoms with Crippen LogP contribution in [0.2, 0.25) is 0 Å². The Hall–Kier alpha value is -1.75. The maximum atomic E-state index is 12.6. The molecule has 20 heavy (non-hydrogen) atoms. The van der Waals surface area contributed by atoms with Crippen molar-refractivity contribution in [2.24, 2.45) is 5.73 Å². The molecule has 2 N–H and O–H groups in total. The summed E-state index contributed by atoms with van der Waals surface area (Å²) in [4.78, 5) is 14.5. The molecule has 1 atom stereocenters. The predicted octanol–water partition coefficient (Wildman–Crippen LogP) is 1.41. The Labute approximate surface area is 118 Å². The number of likely N-dealkylation sites (tertiary alicyclic amines) is 1. The quantitative estimate of drug-likeness (QED) is 0.887. The second kappa shape index (κ2) is 5.71. The highest BCUT2D eigenvalue weighted by molar-refractivity contribution is 5.95. The first kappa shape index (κ1) is 13.2. The molecule has 2 heterocycles. The Kier molecular flexibility index (Phi) is 3.78. The van der Waals surface area contributed by atoms with E-state index in [1.165, 1.54) is 0 Å². The van der Waals surface area contributed by atoms with Crippen molar-refractivity contribution in [1.82, 2.24) is 4.90 Å². The fraction of sp³-hybridized carbons (Fsp3) is 0.533. The Morgan fingerprint density at radius 3 is 2.85 bits per heavy atom. The molecule has 0 aliphatic carbocycles. The number of amides is 1. The number of rotatable bonds is 2. The van der Waals surface area contributed by atoms with Gasteiger partial charge in [-0.15, -0.1) is 0 Å². The number of ether oxygens (including phenoxy) is 2. The molecular formula is C15H20N2O3. The standard InChI is InChI=1S/C15H20N2O3/c16-10-12-3-1-2-6-17(12)15(18)11-4-5-13-14(9-11)20-8-7-19-13/h4-5,9,12H,1-3,6-8,10,16H2. The molecule has 3 rings (SSSR count). The Morgan fingerprint density at radius 1 is 1.25 bits per heavy atom. The predicted molar refractivity (Wildman–Crippen MR) is 75.2 cm³/mol. The van der Waals surface area contributed by atoms with E-state index < -0.39 is 0 Å². The van der Waals surface area contributed by atoms with Gasteiger partial charge in [0.25, 0.3) is 5.91 Å². The molecule has 0 saturated carbocycles. The summed E-state index contributed by atoms with van der Waals surface area (Å²) in [5, 5.41) is 0. The smallest absolute Gasteiger partial charge is 0.254 e. The normalized spacial score (nSPS) is 21.6. The van der Waals surface area contributed by atoms with E-state index in [9.17, 15) is 4.79 Å². The lowest BCUT2D eigenvalue weighted by atomic mass is 10.0. The lowest BCUT2D eigenvalue weighted by molar-refractivity contribution is 0.0622. The lowest BCUT2D eigenvalue weighted by Crippen LogP contribution is -2.47. The summed E-state index contributed by atoms with van der Waals surface area (Å²) in [6.45, 7) is 2.40. The molecule has 1 fully saturated rings. The van der Waals surface area contributed by atoms with Crippen molar-refractivity contribution < 1.29 is 14.3 Å². The van der Waals surface area contributed by atoms with Crippen LogP contribution in [0.15, 0.2) is 18.2 Å². The van der Waals surface area contributed by atoms with Crippen LogP contribution in [0.25, 0.3) is 0 Å². The van der Waals surface area contributed by atoms with E-state index in [4.69, 9.17) is 15.2 Å². The van der Waals surface area contributed by atoms with Crippen molar-refractivity contribution >= 4 is 5.91 Å². The van der Waals surface area contributed by atoms with Gasteiger partial charge in [-0.3, -0.25) is 4.79 Å². The molecule has 1 aromatic rings. The zero-order valence-electron chi connectivity index (χ0n) is 11.5. The third kappa shape index (κ3) is 2.45. The molecule has 1 saturated heterocycles. The van der Waals surface area contributed by atoms with Crippen molar-refractivity contribution in [2.75, 3.05) is 26.3 Å². The van der Waals surface area contributed by atoms with Crippen LogP contribution in [0.4, 0.5) is 0 Å². The Morgan fingerprint density at radius 2 is 2.05 bits per heavy atom. The first-order valence-electron chi connectivity index (χ1n) is 7.20. The van der Waals surface area contributed by atoms with Crippen LogP contribution in [-0.2, 0) is 0 Å². The van der Waals surface area contributed by atoms with Gasteiger partial charge in [-0.25, -0.2) is 0 Å². The molecule has 2 aliphatic rings. The number of hydrogen-bond acceptors (Lipinski definition) is 4. The summed E-state index contributed by atoms with van der Waals surface area (Å²) in [5.41, 5.74) is 6.43. The minimum atomic E-state index is 0.0390. The van der Waals surface area contributed by atoms with Crippen LogP contribution in [0, 0.1) is 0 Å². The highest BCUT2D eigenvalue weighted by Gasteiger charge is 2.27. The zero-order valence-corrected chi connectivity index (χ0v) is 11.5. The highest BCUT2D eigenvalue weighted by Crippen LogP contribution is 2.31. The maximum Gasteiger partial charge on any atom is 0.254 e.